The Morgan fingerprint density at radius 2 is 1.91 bits per heavy atom. The number of amides is 1. The standard InChI is InChI=1S/C15H16ClN3O3/c16-14-5-3-1-2-4-12(14)10-17-18-15(20)11-6-8-13(9-7-11)19(21)22/h6-10H,1-5H2,(H,18,20)/b17-10+. The Hall–Kier alpha value is -2.21. The van der Waals surface area contributed by atoms with Crippen LogP contribution in [0.25, 0.3) is 0 Å². The number of nitrogens with zero attached hydrogens (tertiary/aromatic N) is 2. The van der Waals surface area contributed by atoms with E-state index >= 15 is 0 Å². The SMILES string of the molecule is O=C(N/N=C/C1=C(Cl)CCCCC1)c1ccc([N+](=O)[O-])cc1. The minimum absolute atomic E-state index is 0.0598. The number of non-ortho nitro benzene ring substituents is 1. The Kier molecular flexibility index (Phi) is 5.66. The number of nitrogens with one attached hydrogen (secondary N) is 1. The third-order valence-corrected chi connectivity index (χ3v) is 3.85. The summed E-state index contributed by atoms with van der Waals surface area (Å²) in [6, 6.07) is 5.34. The molecule has 0 unspecified atom stereocenters. The maximum Gasteiger partial charge on any atom is 0.271 e. The lowest BCUT2D eigenvalue weighted by Gasteiger charge is -2.02. The highest BCUT2D eigenvalue weighted by Gasteiger charge is 2.10. The summed E-state index contributed by atoms with van der Waals surface area (Å²) in [6.45, 7) is 0. The van der Waals surface area contributed by atoms with Crippen molar-refractivity contribution in [1.82, 2.24) is 5.43 Å². The molecule has 0 saturated heterocycles. The maximum atomic E-state index is 11.9. The van der Waals surface area contributed by atoms with Crippen molar-refractivity contribution in [2.75, 3.05) is 0 Å². The molecule has 1 aromatic rings. The molecule has 1 aliphatic rings. The van der Waals surface area contributed by atoms with Gasteiger partial charge in [0.2, 0.25) is 0 Å². The van der Waals surface area contributed by atoms with Crippen LogP contribution in [-0.4, -0.2) is 17.0 Å². The van der Waals surface area contributed by atoms with Gasteiger partial charge in [0.25, 0.3) is 11.6 Å². The first-order chi connectivity index (χ1) is 10.6. The topological polar surface area (TPSA) is 84.6 Å². The van der Waals surface area contributed by atoms with Crippen molar-refractivity contribution in [3.63, 3.8) is 0 Å². The van der Waals surface area contributed by atoms with Crippen molar-refractivity contribution in [2.45, 2.75) is 32.1 Å². The first kappa shape index (κ1) is 16.2. The van der Waals surface area contributed by atoms with Crippen LogP contribution in [0.15, 0.2) is 40.0 Å². The fourth-order valence-electron chi connectivity index (χ4n) is 2.17. The molecular weight excluding hydrogens is 306 g/mol. The van der Waals surface area contributed by atoms with Crippen molar-refractivity contribution < 1.29 is 9.72 Å². The van der Waals surface area contributed by atoms with Gasteiger partial charge in [0.05, 0.1) is 11.1 Å². The van der Waals surface area contributed by atoms with Crippen LogP contribution in [0.2, 0.25) is 0 Å². The summed E-state index contributed by atoms with van der Waals surface area (Å²) in [5.41, 5.74) is 3.60. The summed E-state index contributed by atoms with van der Waals surface area (Å²) < 4.78 is 0. The van der Waals surface area contributed by atoms with E-state index in [0.717, 1.165) is 42.7 Å². The summed E-state index contributed by atoms with van der Waals surface area (Å²) in [5.74, 6) is -0.420. The average Bonchev–Trinajstić information content (AvgIpc) is 2.72. The average molecular weight is 322 g/mol. The smallest absolute Gasteiger partial charge is 0.267 e. The predicted molar refractivity (Wildman–Crippen MR) is 85.0 cm³/mol. The molecule has 0 spiro atoms. The van der Waals surface area contributed by atoms with E-state index in [1.165, 1.54) is 24.3 Å². The molecule has 0 fully saturated rings. The Morgan fingerprint density at radius 1 is 1.23 bits per heavy atom. The molecule has 116 valence electrons. The van der Waals surface area contributed by atoms with Crippen molar-refractivity contribution in [2.24, 2.45) is 5.10 Å². The monoisotopic (exact) mass is 321 g/mol. The van der Waals surface area contributed by atoms with Gasteiger partial charge in [0, 0.05) is 22.7 Å². The number of hydrogen-bond donors (Lipinski definition) is 1. The van der Waals surface area contributed by atoms with Crippen molar-refractivity contribution >= 4 is 29.4 Å². The van der Waals surface area contributed by atoms with Crippen LogP contribution in [-0.2, 0) is 0 Å². The van der Waals surface area contributed by atoms with Crippen LogP contribution < -0.4 is 5.43 Å². The predicted octanol–water partition coefficient (Wildman–Crippen LogP) is 3.77. The molecule has 1 N–H and O–H groups in total. The lowest BCUT2D eigenvalue weighted by Crippen LogP contribution is -2.17. The van der Waals surface area contributed by atoms with Gasteiger partial charge in [0.15, 0.2) is 0 Å². The van der Waals surface area contributed by atoms with Crippen LogP contribution in [0.5, 0.6) is 0 Å². The molecular formula is C15H16ClN3O3. The van der Waals surface area contributed by atoms with E-state index in [2.05, 4.69) is 10.5 Å². The Balaban J connectivity index is 1.97. The number of allylic oxidation sites excluding steroid dienone is 2. The number of halogens is 1. The van der Waals surface area contributed by atoms with Crippen LogP contribution in [0.3, 0.4) is 0 Å². The molecule has 1 aliphatic carbocycles. The molecule has 0 aromatic heterocycles. The second-order valence-corrected chi connectivity index (χ2v) is 5.45. The number of carbonyl (C=O) groups excluding carboxylic acids is 1. The number of rotatable bonds is 4. The van der Waals surface area contributed by atoms with E-state index in [0.29, 0.717) is 5.56 Å². The van der Waals surface area contributed by atoms with Gasteiger partial charge < -0.3 is 0 Å². The second kappa shape index (κ2) is 7.70. The van der Waals surface area contributed by atoms with Gasteiger partial charge in [0.1, 0.15) is 0 Å². The van der Waals surface area contributed by atoms with Gasteiger partial charge in [-0.15, -0.1) is 0 Å². The van der Waals surface area contributed by atoms with Gasteiger partial charge in [-0.1, -0.05) is 18.0 Å². The van der Waals surface area contributed by atoms with E-state index in [4.69, 9.17) is 11.6 Å². The zero-order chi connectivity index (χ0) is 15.9. The second-order valence-electron chi connectivity index (χ2n) is 4.99. The quantitative estimate of drug-likeness (QED) is 0.520. The van der Waals surface area contributed by atoms with E-state index < -0.39 is 10.8 Å². The molecule has 0 saturated carbocycles. The Bertz CT molecular complexity index is 623. The molecule has 22 heavy (non-hydrogen) atoms. The first-order valence-electron chi connectivity index (χ1n) is 7.03. The van der Waals surface area contributed by atoms with E-state index in [9.17, 15) is 14.9 Å². The van der Waals surface area contributed by atoms with Gasteiger partial charge in [-0.25, -0.2) is 5.43 Å². The summed E-state index contributed by atoms with van der Waals surface area (Å²) >= 11 is 6.18. The van der Waals surface area contributed by atoms with Crippen molar-refractivity contribution in [3.8, 4) is 0 Å². The summed E-state index contributed by atoms with van der Waals surface area (Å²) in [4.78, 5) is 21.9. The van der Waals surface area contributed by atoms with Gasteiger partial charge in [-0.05, 0) is 43.4 Å². The molecule has 0 heterocycles. The number of hydrazone groups is 1. The third kappa shape index (κ3) is 4.39. The van der Waals surface area contributed by atoms with Crippen LogP contribution in [0, 0.1) is 10.1 Å². The number of benzene rings is 1. The number of carbonyl (C=O) groups is 1. The molecule has 1 aromatic carbocycles. The number of nitro benzene ring substituents is 1. The first-order valence-corrected chi connectivity index (χ1v) is 7.41. The molecule has 0 bridgehead atoms. The highest BCUT2D eigenvalue weighted by atomic mass is 35.5. The van der Waals surface area contributed by atoms with E-state index in [1.807, 2.05) is 0 Å². The van der Waals surface area contributed by atoms with Crippen molar-refractivity contribution in [1.29, 1.82) is 0 Å². The lowest BCUT2D eigenvalue weighted by molar-refractivity contribution is -0.384. The van der Waals surface area contributed by atoms with Gasteiger partial charge in [-0.2, -0.15) is 5.10 Å². The Labute approximate surface area is 133 Å². The number of nitro groups is 1. The molecule has 7 heteroatoms. The minimum atomic E-state index is -0.514. The van der Waals surface area contributed by atoms with Gasteiger partial charge >= 0.3 is 0 Å². The normalized spacial score (nSPS) is 15.7. The highest BCUT2D eigenvalue weighted by molar-refractivity contribution is 6.31. The zero-order valence-electron chi connectivity index (χ0n) is 11.9. The highest BCUT2D eigenvalue weighted by Crippen LogP contribution is 2.25. The van der Waals surface area contributed by atoms with E-state index in [1.54, 1.807) is 6.21 Å². The van der Waals surface area contributed by atoms with Crippen LogP contribution >= 0.6 is 11.6 Å². The fourth-order valence-corrected chi connectivity index (χ4v) is 2.45. The molecule has 6 nitrogen and oxygen atoms in total. The lowest BCUT2D eigenvalue weighted by atomic mass is 10.1. The molecule has 0 aliphatic heterocycles. The molecule has 0 radical (unpaired) electrons. The van der Waals surface area contributed by atoms with Crippen LogP contribution in [0.1, 0.15) is 42.5 Å². The third-order valence-electron chi connectivity index (χ3n) is 3.42. The van der Waals surface area contributed by atoms with Gasteiger partial charge in [-0.3, -0.25) is 14.9 Å². The molecule has 2 rings (SSSR count). The summed E-state index contributed by atoms with van der Waals surface area (Å²) in [5, 5.41) is 15.3. The molecule has 1 amide bonds. The molecule has 0 atom stereocenters. The zero-order valence-corrected chi connectivity index (χ0v) is 12.7. The summed E-state index contributed by atoms with van der Waals surface area (Å²) in [6.07, 6.45) is 6.56. The Morgan fingerprint density at radius 3 is 2.59 bits per heavy atom. The largest absolute Gasteiger partial charge is 0.271 e. The van der Waals surface area contributed by atoms with Crippen LogP contribution in [0.4, 0.5) is 5.69 Å². The van der Waals surface area contributed by atoms with E-state index in [-0.39, 0.29) is 5.69 Å². The minimum Gasteiger partial charge on any atom is -0.267 e. The fraction of sp³-hybridized carbons (Fsp3) is 0.333. The summed E-state index contributed by atoms with van der Waals surface area (Å²) in [7, 11) is 0. The van der Waals surface area contributed by atoms with Crippen molar-refractivity contribution in [3.05, 3.63) is 50.5 Å². The maximum absolute atomic E-state index is 11.9. The number of hydrogen-bond acceptors (Lipinski definition) is 4.